The fourth-order valence-corrected chi connectivity index (χ4v) is 4.52. The van der Waals surface area contributed by atoms with E-state index in [2.05, 4.69) is 24.4 Å². The SMILES string of the molecule is CCCCCCCC/C=C/CCCCCCCC(=O)N[C@@H](CCCCN)CN(CC(N)=O)C(=O)CCCN. The van der Waals surface area contributed by atoms with Crippen LogP contribution in [0.25, 0.3) is 0 Å². The molecule has 0 radical (unpaired) electrons. The van der Waals surface area contributed by atoms with Crippen molar-refractivity contribution in [3.8, 4) is 0 Å². The summed E-state index contributed by atoms with van der Waals surface area (Å²) in [5, 5.41) is 3.08. The van der Waals surface area contributed by atoms with Crippen molar-refractivity contribution in [2.24, 2.45) is 17.2 Å². The third-order valence-electron chi connectivity index (χ3n) is 6.77. The van der Waals surface area contributed by atoms with Crippen LogP contribution in [0.5, 0.6) is 0 Å². The normalized spacial score (nSPS) is 12.1. The molecule has 7 N–H and O–H groups in total. The first-order valence-electron chi connectivity index (χ1n) is 15.3. The molecule has 38 heavy (non-hydrogen) atoms. The zero-order valence-electron chi connectivity index (χ0n) is 24.4. The number of unbranched alkanes of at least 4 members (excludes halogenated alkanes) is 12. The molecule has 0 aromatic carbocycles. The fraction of sp³-hybridized carbons (Fsp3) is 0.833. The second-order valence-corrected chi connectivity index (χ2v) is 10.5. The van der Waals surface area contributed by atoms with Crippen LogP contribution in [0.1, 0.15) is 129 Å². The minimum Gasteiger partial charge on any atom is -0.368 e. The zero-order valence-corrected chi connectivity index (χ0v) is 24.4. The maximum absolute atomic E-state index is 12.6. The Morgan fingerprint density at radius 3 is 1.89 bits per heavy atom. The van der Waals surface area contributed by atoms with Crippen molar-refractivity contribution in [2.75, 3.05) is 26.2 Å². The van der Waals surface area contributed by atoms with Gasteiger partial charge in [-0.05, 0) is 64.5 Å². The van der Waals surface area contributed by atoms with Crippen LogP contribution in [0, 0.1) is 0 Å². The Kier molecular flexibility index (Phi) is 25.3. The lowest BCUT2D eigenvalue weighted by Gasteiger charge is -2.28. The van der Waals surface area contributed by atoms with Gasteiger partial charge in [-0.15, -0.1) is 0 Å². The highest BCUT2D eigenvalue weighted by Crippen LogP contribution is 2.11. The van der Waals surface area contributed by atoms with Gasteiger partial charge >= 0.3 is 0 Å². The van der Waals surface area contributed by atoms with E-state index in [9.17, 15) is 14.4 Å². The maximum Gasteiger partial charge on any atom is 0.237 e. The molecule has 8 nitrogen and oxygen atoms in total. The monoisotopic (exact) mass is 537 g/mol. The number of nitrogens with one attached hydrogen (secondary N) is 1. The number of hydrogen-bond donors (Lipinski definition) is 4. The molecule has 1 atom stereocenters. The second-order valence-electron chi connectivity index (χ2n) is 10.5. The van der Waals surface area contributed by atoms with E-state index >= 15 is 0 Å². The Balaban J connectivity index is 4.22. The van der Waals surface area contributed by atoms with E-state index in [1.165, 1.54) is 62.7 Å². The molecule has 0 saturated carbocycles. The number of rotatable bonds is 27. The molecule has 0 aliphatic heterocycles. The van der Waals surface area contributed by atoms with E-state index in [4.69, 9.17) is 17.2 Å². The van der Waals surface area contributed by atoms with Gasteiger partial charge in [0, 0.05) is 25.4 Å². The van der Waals surface area contributed by atoms with Crippen LogP contribution in [0.3, 0.4) is 0 Å². The van der Waals surface area contributed by atoms with Gasteiger partial charge < -0.3 is 27.4 Å². The summed E-state index contributed by atoms with van der Waals surface area (Å²) in [7, 11) is 0. The second kappa shape index (κ2) is 26.7. The lowest BCUT2D eigenvalue weighted by molar-refractivity contribution is -0.136. The van der Waals surface area contributed by atoms with Crippen molar-refractivity contribution in [3.05, 3.63) is 12.2 Å². The predicted octanol–water partition coefficient (Wildman–Crippen LogP) is 4.69. The molecular weight excluding hydrogens is 478 g/mol. The van der Waals surface area contributed by atoms with Gasteiger partial charge in [-0.3, -0.25) is 14.4 Å². The minimum atomic E-state index is -0.563. The molecule has 0 spiro atoms. The number of nitrogens with two attached hydrogens (primary N) is 3. The summed E-state index contributed by atoms with van der Waals surface area (Å²) >= 11 is 0. The van der Waals surface area contributed by atoms with E-state index < -0.39 is 5.91 Å². The van der Waals surface area contributed by atoms with Gasteiger partial charge in [0.2, 0.25) is 17.7 Å². The van der Waals surface area contributed by atoms with Crippen LogP contribution in [0.4, 0.5) is 0 Å². The lowest BCUT2D eigenvalue weighted by atomic mass is 10.1. The number of hydrogen-bond acceptors (Lipinski definition) is 5. The van der Waals surface area contributed by atoms with Crippen molar-refractivity contribution in [1.82, 2.24) is 10.2 Å². The van der Waals surface area contributed by atoms with Gasteiger partial charge in [0.1, 0.15) is 0 Å². The van der Waals surface area contributed by atoms with Gasteiger partial charge in [-0.25, -0.2) is 0 Å². The number of amides is 3. The predicted molar refractivity (Wildman–Crippen MR) is 158 cm³/mol. The Hall–Kier alpha value is -1.93. The van der Waals surface area contributed by atoms with Crippen LogP contribution < -0.4 is 22.5 Å². The molecule has 3 amide bonds. The minimum absolute atomic E-state index is 0.00573. The van der Waals surface area contributed by atoms with Crippen molar-refractivity contribution in [1.29, 1.82) is 0 Å². The van der Waals surface area contributed by atoms with Crippen molar-refractivity contribution < 1.29 is 14.4 Å². The summed E-state index contributed by atoms with van der Waals surface area (Å²) in [6, 6.07) is -0.224. The lowest BCUT2D eigenvalue weighted by Crippen LogP contribution is -2.48. The quantitative estimate of drug-likeness (QED) is 0.0887. The number of carbonyl (C=O) groups excluding carboxylic acids is 3. The number of carbonyl (C=O) groups is 3. The van der Waals surface area contributed by atoms with Gasteiger partial charge in [-0.1, -0.05) is 76.9 Å². The van der Waals surface area contributed by atoms with Crippen molar-refractivity contribution >= 4 is 17.7 Å². The number of primary amides is 1. The molecule has 0 fully saturated rings. The Bertz CT molecular complexity index is 627. The number of allylic oxidation sites excluding steroid dienone is 2. The van der Waals surface area contributed by atoms with E-state index in [0.717, 1.165) is 38.5 Å². The summed E-state index contributed by atoms with van der Waals surface area (Å²) in [4.78, 5) is 38.1. The van der Waals surface area contributed by atoms with Crippen LogP contribution >= 0.6 is 0 Å². The van der Waals surface area contributed by atoms with Crippen molar-refractivity contribution in [2.45, 2.75) is 135 Å². The summed E-state index contributed by atoms with van der Waals surface area (Å²) in [5.41, 5.74) is 16.5. The van der Waals surface area contributed by atoms with Crippen LogP contribution in [0.2, 0.25) is 0 Å². The highest BCUT2D eigenvalue weighted by molar-refractivity contribution is 5.84. The molecule has 0 heterocycles. The third kappa shape index (κ3) is 23.2. The molecule has 0 unspecified atom stereocenters. The van der Waals surface area contributed by atoms with E-state index in [1.54, 1.807) is 0 Å². The van der Waals surface area contributed by atoms with E-state index in [1.807, 2.05) is 0 Å². The van der Waals surface area contributed by atoms with Gasteiger partial charge in [0.15, 0.2) is 0 Å². The summed E-state index contributed by atoms with van der Waals surface area (Å²) in [6.07, 6.45) is 24.2. The summed E-state index contributed by atoms with van der Waals surface area (Å²) in [6.45, 7) is 3.36. The Morgan fingerprint density at radius 1 is 0.737 bits per heavy atom. The average molecular weight is 538 g/mol. The molecule has 0 aromatic rings. The third-order valence-corrected chi connectivity index (χ3v) is 6.77. The zero-order chi connectivity index (χ0) is 28.3. The average Bonchev–Trinajstić information content (AvgIpc) is 2.88. The molecule has 0 aromatic heterocycles. The van der Waals surface area contributed by atoms with E-state index in [0.29, 0.717) is 32.4 Å². The van der Waals surface area contributed by atoms with Crippen LogP contribution in [0.15, 0.2) is 12.2 Å². The van der Waals surface area contributed by atoms with Crippen LogP contribution in [-0.2, 0) is 14.4 Å². The Morgan fingerprint density at radius 2 is 1.32 bits per heavy atom. The topological polar surface area (TPSA) is 145 Å². The molecule has 0 aliphatic rings. The first-order valence-corrected chi connectivity index (χ1v) is 15.3. The highest BCUT2D eigenvalue weighted by atomic mass is 16.2. The molecule has 8 heteroatoms. The molecule has 222 valence electrons. The summed E-state index contributed by atoms with van der Waals surface area (Å²) < 4.78 is 0. The molecule has 0 rings (SSSR count). The maximum atomic E-state index is 12.6. The first-order chi connectivity index (χ1) is 18.4. The van der Waals surface area contributed by atoms with E-state index in [-0.39, 0.29) is 37.4 Å². The molecular formula is C30H59N5O3. The highest BCUT2D eigenvalue weighted by Gasteiger charge is 2.21. The standard InChI is InChI=1S/C30H59N5O3/c1-2-3-4-5-6-7-8-9-10-11-12-13-14-15-16-21-29(37)34-27(20-17-18-23-31)25-35(26-28(33)36)30(38)22-19-24-32/h9-10,27H,2-8,11-26,31-32H2,1H3,(H2,33,36)(H,34,37)/b10-9+/t27-/m0/s1. The molecule has 0 saturated heterocycles. The first kappa shape index (κ1) is 36.1. The Labute approximate surface area is 232 Å². The number of nitrogens with zero attached hydrogens (tertiary/aromatic N) is 1. The summed E-state index contributed by atoms with van der Waals surface area (Å²) in [5.74, 6) is -0.732. The molecule has 0 aliphatic carbocycles. The van der Waals surface area contributed by atoms with Gasteiger partial charge in [-0.2, -0.15) is 0 Å². The van der Waals surface area contributed by atoms with Crippen LogP contribution in [-0.4, -0.2) is 54.8 Å². The van der Waals surface area contributed by atoms with Gasteiger partial charge in [0.05, 0.1) is 6.54 Å². The largest absolute Gasteiger partial charge is 0.368 e. The van der Waals surface area contributed by atoms with Crippen molar-refractivity contribution in [3.63, 3.8) is 0 Å². The fourth-order valence-electron chi connectivity index (χ4n) is 4.52. The molecule has 0 bridgehead atoms. The smallest absolute Gasteiger partial charge is 0.237 e. The van der Waals surface area contributed by atoms with Gasteiger partial charge in [0.25, 0.3) is 0 Å².